The number of hydrogen-bond acceptors (Lipinski definition) is 4. The van der Waals surface area contributed by atoms with E-state index in [2.05, 4.69) is 31.2 Å². The highest BCUT2D eigenvalue weighted by molar-refractivity contribution is 9.10. The molecule has 0 saturated heterocycles. The van der Waals surface area contributed by atoms with Crippen LogP contribution in [0.15, 0.2) is 45.3 Å². The number of thiazole rings is 1. The molecule has 0 aliphatic heterocycles. The number of rotatable bonds is 2. The minimum Gasteiger partial charge on any atom is -0.327 e. The van der Waals surface area contributed by atoms with Crippen molar-refractivity contribution < 1.29 is 4.79 Å². The van der Waals surface area contributed by atoms with E-state index in [1.807, 2.05) is 42.9 Å². The van der Waals surface area contributed by atoms with Crippen LogP contribution in [0.25, 0.3) is 5.69 Å². The molecule has 8 heteroatoms. The molecule has 0 fully saturated rings. The SMILES string of the molecule is Cc1c(C(=O)N=c2sccn2C)nnn1-c1cccc(Br)c1. The van der Waals surface area contributed by atoms with E-state index in [1.54, 1.807) is 16.2 Å². The van der Waals surface area contributed by atoms with E-state index in [-0.39, 0.29) is 5.69 Å². The maximum Gasteiger partial charge on any atom is 0.302 e. The smallest absolute Gasteiger partial charge is 0.302 e. The number of benzene rings is 1. The quantitative estimate of drug-likeness (QED) is 0.688. The van der Waals surface area contributed by atoms with Gasteiger partial charge >= 0.3 is 5.91 Å². The van der Waals surface area contributed by atoms with Crippen LogP contribution in [0.2, 0.25) is 0 Å². The van der Waals surface area contributed by atoms with Gasteiger partial charge in [-0.3, -0.25) is 4.79 Å². The summed E-state index contributed by atoms with van der Waals surface area (Å²) in [6.45, 7) is 1.80. The molecule has 0 aliphatic carbocycles. The fourth-order valence-electron chi connectivity index (χ4n) is 1.95. The molecule has 0 N–H and O–H groups in total. The number of nitrogens with zero attached hydrogens (tertiary/aromatic N) is 5. The highest BCUT2D eigenvalue weighted by atomic mass is 79.9. The van der Waals surface area contributed by atoms with Crippen LogP contribution in [-0.2, 0) is 7.05 Å². The van der Waals surface area contributed by atoms with Gasteiger partial charge in [0.15, 0.2) is 10.5 Å². The van der Waals surface area contributed by atoms with Crippen molar-refractivity contribution in [3.05, 3.63) is 56.5 Å². The first kappa shape index (κ1) is 14.9. The Hall–Kier alpha value is -2.06. The summed E-state index contributed by atoms with van der Waals surface area (Å²) in [5, 5.41) is 9.92. The normalized spacial score (nSPS) is 11.9. The Bertz CT molecular complexity index is 908. The Kier molecular flexibility index (Phi) is 4.04. The molecular weight excluding hydrogens is 366 g/mol. The van der Waals surface area contributed by atoms with Crippen molar-refractivity contribution >= 4 is 33.2 Å². The summed E-state index contributed by atoms with van der Waals surface area (Å²) in [6, 6.07) is 7.63. The van der Waals surface area contributed by atoms with Gasteiger partial charge in [0, 0.05) is 23.1 Å². The molecule has 6 nitrogen and oxygen atoms in total. The van der Waals surface area contributed by atoms with E-state index in [4.69, 9.17) is 0 Å². The molecule has 0 bridgehead atoms. The molecular formula is C14H12BrN5OS. The van der Waals surface area contributed by atoms with Crippen molar-refractivity contribution in [1.29, 1.82) is 0 Å². The van der Waals surface area contributed by atoms with Crippen LogP contribution in [-0.4, -0.2) is 25.5 Å². The molecule has 2 heterocycles. The Morgan fingerprint density at radius 1 is 1.41 bits per heavy atom. The fourth-order valence-corrected chi connectivity index (χ4v) is 3.07. The molecule has 0 radical (unpaired) electrons. The van der Waals surface area contributed by atoms with Crippen LogP contribution in [0, 0.1) is 6.92 Å². The first-order chi connectivity index (χ1) is 10.6. The predicted molar refractivity (Wildman–Crippen MR) is 87.0 cm³/mol. The predicted octanol–water partition coefficient (Wildman–Crippen LogP) is 2.48. The van der Waals surface area contributed by atoms with Crippen molar-refractivity contribution in [2.75, 3.05) is 0 Å². The summed E-state index contributed by atoms with van der Waals surface area (Å²) in [5.41, 5.74) is 1.75. The number of aryl methyl sites for hydroxylation is 1. The van der Waals surface area contributed by atoms with Crippen LogP contribution >= 0.6 is 27.3 Å². The van der Waals surface area contributed by atoms with E-state index in [0.29, 0.717) is 10.5 Å². The summed E-state index contributed by atoms with van der Waals surface area (Å²) in [4.78, 5) is 17.0. The third-order valence-corrected chi connectivity index (χ3v) is 4.45. The van der Waals surface area contributed by atoms with E-state index >= 15 is 0 Å². The standard InChI is InChI=1S/C14H12BrN5OS/c1-9-12(13(21)16-14-19(2)6-7-22-14)17-18-20(9)11-5-3-4-10(15)8-11/h3-8H,1-2H3. The Balaban J connectivity index is 2.01. The lowest BCUT2D eigenvalue weighted by molar-refractivity contribution is 0.0992. The van der Waals surface area contributed by atoms with Crippen molar-refractivity contribution in [3.63, 3.8) is 0 Å². The van der Waals surface area contributed by atoms with Crippen LogP contribution in [0.1, 0.15) is 16.2 Å². The van der Waals surface area contributed by atoms with Crippen molar-refractivity contribution in [3.8, 4) is 5.69 Å². The van der Waals surface area contributed by atoms with Crippen molar-refractivity contribution in [2.45, 2.75) is 6.92 Å². The highest BCUT2D eigenvalue weighted by Gasteiger charge is 2.17. The second-order valence-corrected chi connectivity index (χ2v) is 6.42. The monoisotopic (exact) mass is 377 g/mol. The minimum atomic E-state index is -0.392. The molecule has 3 aromatic rings. The van der Waals surface area contributed by atoms with Crippen LogP contribution in [0.3, 0.4) is 0 Å². The molecule has 3 rings (SSSR count). The molecule has 1 aromatic carbocycles. The molecule has 0 aliphatic rings. The molecule has 0 unspecified atom stereocenters. The van der Waals surface area contributed by atoms with E-state index < -0.39 is 5.91 Å². The van der Waals surface area contributed by atoms with Gasteiger partial charge in [0.2, 0.25) is 0 Å². The highest BCUT2D eigenvalue weighted by Crippen LogP contribution is 2.17. The number of aromatic nitrogens is 4. The maximum absolute atomic E-state index is 12.3. The van der Waals surface area contributed by atoms with Crippen molar-refractivity contribution in [2.24, 2.45) is 12.0 Å². The molecule has 112 valence electrons. The van der Waals surface area contributed by atoms with Gasteiger partial charge in [-0.25, -0.2) is 4.68 Å². The average Bonchev–Trinajstić information content (AvgIpc) is 3.05. The largest absolute Gasteiger partial charge is 0.327 e. The maximum atomic E-state index is 12.3. The number of amides is 1. The van der Waals surface area contributed by atoms with Gasteiger partial charge in [0.25, 0.3) is 0 Å². The van der Waals surface area contributed by atoms with Gasteiger partial charge in [0.1, 0.15) is 0 Å². The van der Waals surface area contributed by atoms with Gasteiger partial charge in [0.05, 0.1) is 11.4 Å². The summed E-state index contributed by atoms with van der Waals surface area (Å²) >= 11 is 4.82. The van der Waals surface area contributed by atoms with Crippen LogP contribution in [0.4, 0.5) is 0 Å². The zero-order chi connectivity index (χ0) is 15.7. The second-order valence-electron chi connectivity index (χ2n) is 4.63. The number of carbonyl (C=O) groups excluding carboxylic acids is 1. The fraction of sp³-hybridized carbons (Fsp3) is 0.143. The zero-order valence-corrected chi connectivity index (χ0v) is 14.3. The van der Waals surface area contributed by atoms with Crippen molar-refractivity contribution in [1.82, 2.24) is 19.6 Å². The Labute approximate surface area is 138 Å². The lowest BCUT2D eigenvalue weighted by atomic mass is 10.3. The molecule has 0 saturated carbocycles. The summed E-state index contributed by atoms with van der Waals surface area (Å²) in [6.07, 6.45) is 1.85. The lowest BCUT2D eigenvalue weighted by Crippen LogP contribution is -2.13. The molecule has 0 spiro atoms. The molecule has 0 atom stereocenters. The summed E-state index contributed by atoms with van der Waals surface area (Å²) in [5.74, 6) is -0.392. The van der Waals surface area contributed by atoms with Gasteiger partial charge in [-0.15, -0.1) is 16.4 Å². The minimum absolute atomic E-state index is 0.258. The Morgan fingerprint density at radius 3 is 2.91 bits per heavy atom. The molecule has 22 heavy (non-hydrogen) atoms. The second kappa shape index (κ2) is 5.98. The van der Waals surface area contributed by atoms with Crippen LogP contribution in [0.5, 0.6) is 0 Å². The van der Waals surface area contributed by atoms with Gasteiger partial charge in [-0.05, 0) is 25.1 Å². The zero-order valence-electron chi connectivity index (χ0n) is 11.9. The third kappa shape index (κ3) is 2.79. The third-order valence-electron chi connectivity index (χ3n) is 3.11. The van der Waals surface area contributed by atoms with E-state index in [1.165, 1.54) is 11.3 Å². The first-order valence-electron chi connectivity index (χ1n) is 6.43. The number of hydrogen-bond donors (Lipinski definition) is 0. The van der Waals surface area contributed by atoms with E-state index in [0.717, 1.165) is 10.2 Å². The summed E-state index contributed by atoms with van der Waals surface area (Å²) < 4.78 is 4.35. The lowest BCUT2D eigenvalue weighted by Gasteiger charge is -2.03. The average molecular weight is 378 g/mol. The first-order valence-corrected chi connectivity index (χ1v) is 8.11. The van der Waals surface area contributed by atoms with Crippen LogP contribution < -0.4 is 4.80 Å². The summed E-state index contributed by atoms with van der Waals surface area (Å²) in [7, 11) is 1.84. The van der Waals surface area contributed by atoms with E-state index in [9.17, 15) is 4.79 Å². The Morgan fingerprint density at radius 2 is 2.23 bits per heavy atom. The number of carbonyl (C=O) groups is 1. The van der Waals surface area contributed by atoms with Gasteiger partial charge < -0.3 is 4.57 Å². The molecule has 2 aromatic heterocycles. The topological polar surface area (TPSA) is 65.1 Å². The van der Waals surface area contributed by atoms with Gasteiger partial charge in [-0.1, -0.05) is 27.2 Å². The molecule has 1 amide bonds. The van der Waals surface area contributed by atoms with Gasteiger partial charge in [-0.2, -0.15) is 4.99 Å². The number of halogens is 1.